The van der Waals surface area contributed by atoms with Crippen LogP contribution in [0.25, 0.3) is 17.2 Å². The minimum Gasteiger partial charge on any atom is -0.310 e. The van der Waals surface area contributed by atoms with Crippen LogP contribution in [0.4, 0.5) is 17.1 Å². The minimum atomic E-state index is 0.366. The number of hydrogen-bond acceptors (Lipinski definition) is 1. The van der Waals surface area contributed by atoms with Crippen molar-refractivity contribution >= 4 is 23.1 Å². The Kier molecular flexibility index (Phi) is 5.78. The molecular weight excluding hydrogens is 482 g/mol. The largest absolute Gasteiger partial charge is 0.310 e. The van der Waals surface area contributed by atoms with Gasteiger partial charge >= 0.3 is 0 Å². The molecule has 0 N–H and O–H groups in total. The smallest absolute Gasteiger partial charge is 0.0526 e. The Morgan fingerprint density at radius 2 is 1.48 bits per heavy atom. The molecule has 0 bridgehead atoms. The number of rotatable bonds is 4. The normalized spacial score (nSPS) is 16.4. The lowest BCUT2D eigenvalue weighted by atomic mass is 9.71. The third kappa shape index (κ3) is 3.76. The Morgan fingerprint density at radius 1 is 0.700 bits per heavy atom. The van der Waals surface area contributed by atoms with Crippen LogP contribution in [-0.4, -0.2) is 0 Å². The van der Waals surface area contributed by atoms with Gasteiger partial charge in [-0.05, 0) is 126 Å². The molecule has 1 atom stereocenters. The monoisotopic (exact) mass is 517 g/mol. The molecule has 0 heterocycles. The topological polar surface area (TPSA) is 3.24 Å². The number of allylic oxidation sites excluding steroid dienone is 7. The van der Waals surface area contributed by atoms with Crippen LogP contribution in [0.1, 0.15) is 50.4 Å². The van der Waals surface area contributed by atoms with Crippen LogP contribution >= 0.6 is 0 Å². The zero-order valence-corrected chi connectivity index (χ0v) is 24.0. The molecule has 0 fully saturated rings. The Balaban J connectivity index is 1.50. The van der Waals surface area contributed by atoms with Crippen molar-refractivity contribution in [3.8, 4) is 11.1 Å². The van der Waals surface area contributed by atoms with E-state index in [0.29, 0.717) is 5.92 Å². The lowest BCUT2D eigenvalue weighted by Crippen LogP contribution is -2.20. The summed E-state index contributed by atoms with van der Waals surface area (Å²) in [7, 11) is 0. The van der Waals surface area contributed by atoms with E-state index in [2.05, 4.69) is 143 Å². The first-order valence-electron chi connectivity index (χ1n) is 14.4. The second-order valence-corrected chi connectivity index (χ2v) is 11.6. The van der Waals surface area contributed by atoms with Crippen LogP contribution in [0.15, 0.2) is 108 Å². The second kappa shape index (κ2) is 9.38. The van der Waals surface area contributed by atoms with E-state index in [1.54, 1.807) is 0 Å². The van der Waals surface area contributed by atoms with Crippen LogP contribution in [0.5, 0.6) is 0 Å². The zero-order valence-electron chi connectivity index (χ0n) is 24.0. The molecule has 1 unspecified atom stereocenters. The summed E-state index contributed by atoms with van der Waals surface area (Å²) in [6, 6.07) is 24.8. The number of hydrogen-bond donors (Lipinski definition) is 0. The standard InChI is InChI=1S/C39H35N/c1-24-11-6-8-15-34(24)36-26(3)21-27(4)39(28(36)5)40(35-16-9-7-12-25(35)2)33-22-31-19-17-29-13-10-14-30-18-20-32(23-33)38(31)37(29)30/h6-19,21-23,37H,20H2,1-5H3. The molecule has 4 aromatic rings. The van der Waals surface area contributed by atoms with Gasteiger partial charge in [-0.15, -0.1) is 0 Å². The Bertz CT molecular complexity index is 1820. The van der Waals surface area contributed by atoms with Gasteiger partial charge in [0.15, 0.2) is 0 Å². The van der Waals surface area contributed by atoms with Crippen molar-refractivity contribution in [2.45, 2.75) is 47.0 Å². The molecular formula is C39H35N. The van der Waals surface area contributed by atoms with Crippen LogP contribution in [0.2, 0.25) is 0 Å². The molecule has 0 amide bonds. The van der Waals surface area contributed by atoms with Gasteiger partial charge in [0.2, 0.25) is 0 Å². The molecule has 0 saturated carbocycles. The molecule has 1 nitrogen and oxygen atoms in total. The maximum atomic E-state index is 2.52. The first-order chi connectivity index (χ1) is 19.4. The van der Waals surface area contributed by atoms with E-state index in [4.69, 9.17) is 0 Å². The molecule has 40 heavy (non-hydrogen) atoms. The predicted octanol–water partition coefficient (Wildman–Crippen LogP) is 10.5. The number of anilines is 3. The van der Waals surface area contributed by atoms with E-state index in [9.17, 15) is 0 Å². The van der Waals surface area contributed by atoms with E-state index in [-0.39, 0.29) is 0 Å². The van der Waals surface area contributed by atoms with Gasteiger partial charge in [-0.25, -0.2) is 0 Å². The fraction of sp³-hybridized carbons (Fsp3) is 0.179. The molecule has 4 aromatic carbocycles. The Morgan fingerprint density at radius 3 is 2.27 bits per heavy atom. The molecule has 0 aromatic heterocycles. The molecule has 196 valence electrons. The maximum Gasteiger partial charge on any atom is 0.0526 e. The lowest BCUT2D eigenvalue weighted by Gasteiger charge is -2.36. The van der Waals surface area contributed by atoms with Gasteiger partial charge in [0.05, 0.1) is 5.69 Å². The van der Waals surface area contributed by atoms with Crippen molar-refractivity contribution in [2.24, 2.45) is 0 Å². The van der Waals surface area contributed by atoms with Crippen molar-refractivity contribution in [3.63, 3.8) is 0 Å². The van der Waals surface area contributed by atoms with Gasteiger partial charge < -0.3 is 4.90 Å². The van der Waals surface area contributed by atoms with E-state index in [1.807, 2.05) is 0 Å². The SMILES string of the molecule is Cc1ccccc1-c1c(C)cc(C)c(N(c2cc3c4c(c2)CC=C2C=CC=C(C=C3)C24)c2ccccc2C)c1C. The lowest BCUT2D eigenvalue weighted by molar-refractivity contribution is 0.891. The van der Waals surface area contributed by atoms with Gasteiger partial charge in [0.25, 0.3) is 0 Å². The maximum absolute atomic E-state index is 2.52. The zero-order chi connectivity index (χ0) is 27.5. The van der Waals surface area contributed by atoms with E-state index < -0.39 is 0 Å². The predicted molar refractivity (Wildman–Crippen MR) is 171 cm³/mol. The third-order valence-electron chi connectivity index (χ3n) is 9.01. The van der Waals surface area contributed by atoms with Crippen LogP contribution in [0.3, 0.4) is 0 Å². The Hall–Kier alpha value is -4.36. The van der Waals surface area contributed by atoms with Crippen LogP contribution in [0, 0.1) is 34.6 Å². The van der Waals surface area contributed by atoms with Crippen molar-refractivity contribution in [1.82, 2.24) is 0 Å². The Labute approximate surface area is 238 Å². The first kappa shape index (κ1) is 24.7. The van der Waals surface area contributed by atoms with Crippen molar-refractivity contribution in [3.05, 3.63) is 153 Å². The van der Waals surface area contributed by atoms with E-state index in [0.717, 1.165) is 6.42 Å². The molecule has 0 saturated heterocycles. The highest BCUT2D eigenvalue weighted by Gasteiger charge is 2.32. The highest BCUT2D eigenvalue weighted by Crippen LogP contribution is 2.50. The molecule has 0 radical (unpaired) electrons. The summed E-state index contributed by atoms with van der Waals surface area (Å²) in [5.41, 5.74) is 20.0. The molecule has 1 heteroatoms. The molecule has 7 rings (SSSR count). The molecule has 0 aliphatic heterocycles. The average molecular weight is 518 g/mol. The quantitative estimate of drug-likeness (QED) is 0.260. The van der Waals surface area contributed by atoms with Crippen molar-refractivity contribution < 1.29 is 0 Å². The molecule has 3 aliphatic carbocycles. The number of benzene rings is 4. The fourth-order valence-electron chi connectivity index (χ4n) is 7.24. The minimum absolute atomic E-state index is 0.366. The summed E-state index contributed by atoms with van der Waals surface area (Å²) in [6.45, 7) is 11.3. The summed E-state index contributed by atoms with van der Waals surface area (Å²) in [5, 5.41) is 0. The van der Waals surface area contributed by atoms with Crippen molar-refractivity contribution in [1.29, 1.82) is 0 Å². The third-order valence-corrected chi connectivity index (χ3v) is 9.01. The van der Waals surface area contributed by atoms with E-state index >= 15 is 0 Å². The summed E-state index contributed by atoms with van der Waals surface area (Å²) in [4.78, 5) is 2.52. The number of aryl methyl sites for hydroxylation is 4. The summed E-state index contributed by atoms with van der Waals surface area (Å²) in [6.07, 6.45) is 14.8. The van der Waals surface area contributed by atoms with Gasteiger partial charge in [-0.3, -0.25) is 0 Å². The van der Waals surface area contributed by atoms with Crippen LogP contribution < -0.4 is 4.90 Å². The van der Waals surface area contributed by atoms with Gasteiger partial charge in [0, 0.05) is 17.3 Å². The summed E-state index contributed by atoms with van der Waals surface area (Å²) >= 11 is 0. The second-order valence-electron chi connectivity index (χ2n) is 11.6. The van der Waals surface area contributed by atoms with Crippen molar-refractivity contribution in [2.75, 3.05) is 4.90 Å². The van der Waals surface area contributed by atoms with Gasteiger partial charge in [-0.2, -0.15) is 0 Å². The van der Waals surface area contributed by atoms with Gasteiger partial charge in [-0.1, -0.05) is 85.0 Å². The number of para-hydroxylation sites is 1. The fourth-order valence-corrected chi connectivity index (χ4v) is 7.24. The van der Waals surface area contributed by atoms with Gasteiger partial charge in [0.1, 0.15) is 0 Å². The average Bonchev–Trinajstić information content (AvgIpc) is 2.95. The summed E-state index contributed by atoms with van der Waals surface area (Å²) in [5.74, 6) is 0.366. The molecule has 3 aliphatic rings. The highest BCUT2D eigenvalue weighted by atomic mass is 15.1. The van der Waals surface area contributed by atoms with E-state index in [1.165, 1.54) is 83.8 Å². The summed E-state index contributed by atoms with van der Waals surface area (Å²) < 4.78 is 0. The number of nitrogens with zero attached hydrogens (tertiary/aromatic N) is 1. The first-order valence-corrected chi connectivity index (χ1v) is 14.4. The van der Waals surface area contributed by atoms with Crippen LogP contribution in [-0.2, 0) is 6.42 Å². The molecule has 0 spiro atoms. The highest BCUT2D eigenvalue weighted by molar-refractivity contribution is 5.89.